The quantitative estimate of drug-likeness (QED) is 0.203. The van der Waals surface area contributed by atoms with Gasteiger partial charge in [-0.3, -0.25) is 4.79 Å². The van der Waals surface area contributed by atoms with E-state index in [1.165, 1.54) is 0 Å². The van der Waals surface area contributed by atoms with Gasteiger partial charge < -0.3 is 24.9 Å². The molecule has 2 heterocycles. The first-order valence-electron chi connectivity index (χ1n) is 19.9. The Balaban J connectivity index is 0.951. The molecule has 1 aromatic carbocycles. The molecule has 10 rings (SSSR count). The molecule has 1 aliphatic heterocycles. The first kappa shape index (κ1) is 36.6. The Morgan fingerprint density at radius 2 is 1.62 bits per heavy atom. The second-order valence-electron chi connectivity index (χ2n) is 17.4. The number of anilines is 2. The third kappa shape index (κ3) is 6.50. The first-order valence-corrected chi connectivity index (χ1v) is 19.9. The summed E-state index contributed by atoms with van der Waals surface area (Å²) in [6, 6.07) is 5.64. The summed E-state index contributed by atoms with van der Waals surface area (Å²) in [4.78, 5) is 42.1. The molecule has 7 aliphatic carbocycles. The van der Waals surface area contributed by atoms with Crippen molar-refractivity contribution in [3.8, 4) is 5.75 Å². The average molecular weight is 772 g/mol. The van der Waals surface area contributed by atoms with E-state index in [2.05, 4.69) is 20.4 Å². The second-order valence-corrected chi connectivity index (χ2v) is 17.4. The van der Waals surface area contributed by atoms with Crippen LogP contribution < -0.4 is 15.0 Å². The fourth-order valence-electron chi connectivity index (χ4n) is 11.4. The number of hydrogen-bond acceptors (Lipinski definition) is 8. The van der Waals surface area contributed by atoms with E-state index in [9.17, 15) is 36.6 Å². The lowest BCUT2D eigenvalue weighted by atomic mass is 9.48. The normalized spacial score (nSPS) is 31.8. The lowest BCUT2D eigenvalue weighted by Crippen LogP contribution is -2.70. The highest BCUT2D eigenvalue weighted by Gasteiger charge is 2.62. The molecule has 0 atom stereocenters. The van der Waals surface area contributed by atoms with Crippen LogP contribution in [0.3, 0.4) is 0 Å². The molecule has 0 radical (unpaired) electrons. The van der Waals surface area contributed by atoms with Crippen LogP contribution in [0.2, 0.25) is 0 Å². The molecule has 1 spiro atoms. The Labute approximate surface area is 315 Å². The summed E-state index contributed by atoms with van der Waals surface area (Å²) in [7, 11) is 0. The molecule has 0 unspecified atom stereocenters. The zero-order valence-corrected chi connectivity index (χ0v) is 30.6. The van der Waals surface area contributed by atoms with Crippen LogP contribution in [-0.4, -0.2) is 62.9 Å². The lowest BCUT2D eigenvalue weighted by molar-refractivity contribution is -0.165. The Morgan fingerprint density at radius 1 is 0.945 bits per heavy atom. The number of ether oxygens (including phenoxy) is 1. The summed E-state index contributed by atoms with van der Waals surface area (Å²) in [5.41, 5.74) is -1.64. The van der Waals surface area contributed by atoms with Crippen molar-refractivity contribution >= 4 is 29.2 Å². The largest absolute Gasteiger partial charge is 0.490 e. The average Bonchev–Trinajstić information content (AvgIpc) is 3.43. The minimum Gasteiger partial charge on any atom is -0.490 e. The Morgan fingerprint density at radius 3 is 2.24 bits per heavy atom. The minimum absolute atomic E-state index is 0.0969. The maximum atomic E-state index is 14.8. The zero-order valence-electron chi connectivity index (χ0n) is 30.6. The van der Waals surface area contributed by atoms with E-state index in [1.807, 2.05) is 12.1 Å². The molecule has 15 heteroatoms. The van der Waals surface area contributed by atoms with Gasteiger partial charge in [0.25, 0.3) is 11.8 Å². The molecule has 8 aliphatic rings. The van der Waals surface area contributed by atoms with Crippen LogP contribution in [-0.2, 0) is 21.2 Å². The van der Waals surface area contributed by atoms with Crippen molar-refractivity contribution in [2.75, 3.05) is 11.4 Å². The number of oxime groups is 1. The summed E-state index contributed by atoms with van der Waals surface area (Å²) >= 11 is 0. The Kier molecular flexibility index (Phi) is 8.84. The molecule has 7 saturated carbocycles. The predicted octanol–water partition coefficient (Wildman–Crippen LogP) is 8.35. The summed E-state index contributed by atoms with van der Waals surface area (Å²) in [6.07, 6.45) is 5.55. The molecular formula is C40H46F5N5O5. The van der Waals surface area contributed by atoms with E-state index in [4.69, 9.17) is 9.57 Å². The number of aliphatic carboxylic acids is 1. The maximum Gasteiger partial charge on any atom is 0.434 e. The third-order valence-electron chi connectivity index (χ3n) is 13.9. The number of nitrogens with zero attached hydrogens (tertiary/aromatic N) is 4. The van der Waals surface area contributed by atoms with E-state index in [0.717, 1.165) is 56.0 Å². The molecule has 55 heavy (non-hydrogen) atoms. The van der Waals surface area contributed by atoms with Gasteiger partial charge in [-0.15, -0.1) is 0 Å². The van der Waals surface area contributed by atoms with Gasteiger partial charge >= 0.3 is 12.1 Å². The van der Waals surface area contributed by atoms with E-state index >= 15 is 0 Å². The molecule has 0 saturated heterocycles. The van der Waals surface area contributed by atoms with Crippen LogP contribution in [0.5, 0.6) is 5.75 Å². The molecule has 1 aromatic heterocycles. The van der Waals surface area contributed by atoms with Crippen LogP contribution in [0.4, 0.5) is 33.6 Å². The van der Waals surface area contributed by atoms with Gasteiger partial charge in [0, 0.05) is 23.8 Å². The van der Waals surface area contributed by atoms with Gasteiger partial charge in [-0.1, -0.05) is 24.4 Å². The van der Waals surface area contributed by atoms with Gasteiger partial charge in [-0.2, -0.15) is 13.2 Å². The topological polar surface area (TPSA) is 126 Å². The van der Waals surface area contributed by atoms with Crippen molar-refractivity contribution in [1.29, 1.82) is 0 Å². The smallest absolute Gasteiger partial charge is 0.434 e. The number of amides is 1. The molecule has 10 nitrogen and oxygen atoms in total. The highest BCUT2D eigenvalue weighted by atomic mass is 19.4. The highest BCUT2D eigenvalue weighted by Crippen LogP contribution is 2.59. The lowest BCUT2D eigenvalue weighted by Gasteiger charge is -2.59. The molecule has 2 N–H and O–H groups in total. The monoisotopic (exact) mass is 771 g/mol. The van der Waals surface area contributed by atoms with Crippen molar-refractivity contribution in [3.63, 3.8) is 0 Å². The van der Waals surface area contributed by atoms with Gasteiger partial charge in [0.15, 0.2) is 5.69 Å². The van der Waals surface area contributed by atoms with Crippen molar-refractivity contribution in [2.45, 2.75) is 138 Å². The minimum atomic E-state index is -5.00. The van der Waals surface area contributed by atoms with Gasteiger partial charge in [-0.25, -0.2) is 23.5 Å². The number of carboxylic acids is 1. The highest BCUT2D eigenvalue weighted by molar-refractivity contribution is 5.99. The molecule has 2 aromatic rings. The number of carbonyl (C=O) groups is 2. The second kappa shape index (κ2) is 13.3. The van der Waals surface area contributed by atoms with Crippen molar-refractivity contribution in [3.05, 3.63) is 41.2 Å². The van der Waals surface area contributed by atoms with E-state index < -0.39 is 46.9 Å². The fourth-order valence-corrected chi connectivity index (χ4v) is 11.4. The number of carboxylic acid groups (broad SMARTS) is 1. The predicted molar refractivity (Wildman–Crippen MR) is 189 cm³/mol. The van der Waals surface area contributed by atoms with Crippen LogP contribution in [0.15, 0.2) is 29.6 Å². The number of alkyl halides is 5. The molecule has 4 bridgehead atoms. The number of fused-ring (bicyclic) bond motifs is 2. The summed E-state index contributed by atoms with van der Waals surface area (Å²) in [6.45, 7) is 0.374. The van der Waals surface area contributed by atoms with Crippen LogP contribution in [0.25, 0.3) is 0 Å². The molecule has 7 fully saturated rings. The van der Waals surface area contributed by atoms with Crippen molar-refractivity contribution in [1.82, 2.24) is 15.3 Å². The molecule has 296 valence electrons. The van der Waals surface area contributed by atoms with Gasteiger partial charge in [-0.05, 0) is 118 Å². The van der Waals surface area contributed by atoms with Crippen LogP contribution >= 0.6 is 0 Å². The first-order chi connectivity index (χ1) is 26.2. The number of carbonyl (C=O) groups excluding carboxylic acids is 1. The van der Waals surface area contributed by atoms with Gasteiger partial charge in [0.05, 0.1) is 30.2 Å². The number of rotatable bonds is 8. The van der Waals surface area contributed by atoms with Gasteiger partial charge in [0.2, 0.25) is 5.95 Å². The number of halogens is 5. The maximum absolute atomic E-state index is 14.8. The van der Waals surface area contributed by atoms with Crippen LogP contribution in [0, 0.1) is 23.7 Å². The third-order valence-corrected chi connectivity index (χ3v) is 13.9. The van der Waals surface area contributed by atoms with Crippen molar-refractivity contribution < 1.29 is 46.2 Å². The standard InChI is InChI=1S/C40H46F5N5O5/c41-38(42)18-29(19-38)55-49-26-4-6-27(7-5-26)54-28-8-9-32-31(17-28)37(10-2-1-3-11-37)21-50(32)36-46-20-30(33(47-36)40(43,44)45)34(51)48-39(35(52)53)24-13-22-12-23(15-24)16-25(39)14-22/h8-9,17,20,22-25,27,29H,1-7,10-16,18-19,21H2,(H,48,51)(H,52,53). The summed E-state index contributed by atoms with van der Waals surface area (Å²) < 4.78 is 77.1. The summed E-state index contributed by atoms with van der Waals surface area (Å²) in [5.74, 6) is -4.37. The summed E-state index contributed by atoms with van der Waals surface area (Å²) in [5, 5.41) is 17.3. The number of aromatic nitrogens is 2. The SMILES string of the molecule is O=C(NC1(C(=O)O)C2CC3CC(C2)CC1C3)c1cnc(N2CC3(CCCCC3)c3cc(OC4CCC(=NOC5CC(F)(F)C5)CC4)ccc32)nc1C(F)(F)F. The molecular weight excluding hydrogens is 725 g/mol. The van der Waals surface area contributed by atoms with Crippen molar-refractivity contribution in [2.24, 2.45) is 28.8 Å². The van der Waals surface area contributed by atoms with E-state index in [1.54, 1.807) is 11.0 Å². The number of hydrogen-bond donors (Lipinski definition) is 2. The van der Waals surface area contributed by atoms with E-state index in [0.29, 0.717) is 81.2 Å². The zero-order chi connectivity index (χ0) is 38.3. The number of nitrogens with one attached hydrogen (secondary N) is 1. The van der Waals surface area contributed by atoms with E-state index in [-0.39, 0.29) is 42.1 Å². The fraction of sp³-hybridized carbons (Fsp3) is 0.675. The van der Waals surface area contributed by atoms with Crippen LogP contribution in [0.1, 0.15) is 124 Å². The Bertz CT molecular complexity index is 1850. The van der Waals surface area contributed by atoms with Gasteiger partial charge in [0.1, 0.15) is 17.4 Å². The Hall–Kier alpha value is -4.04. The number of benzene rings is 1. The molecule has 1 amide bonds.